The minimum atomic E-state index is -0.636. The van der Waals surface area contributed by atoms with Gasteiger partial charge in [0, 0.05) is 19.2 Å². The summed E-state index contributed by atoms with van der Waals surface area (Å²) in [5.41, 5.74) is -0.265. The van der Waals surface area contributed by atoms with E-state index in [-0.39, 0.29) is 21.5 Å². The number of halogens is 1. The zero-order valence-corrected chi connectivity index (χ0v) is 9.68. The standard InChI is InChI=1S/C8H9ClN2O4S/c9-7-5(11(14)15)4-6(16-7)8(13)10-2-1-3-12/h4,12H,1-3H2,(H,10,13). The number of aliphatic hydroxyl groups excluding tert-OH is 1. The molecule has 1 aromatic rings. The minimum Gasteiger partial charge on any atom is -0.396 e. The van der Waals surface area contributed by atoms with E-state index in [1.165, 1.54) is 0 Å². The molecular formula is C8H9ClN2O4S. The number of hydrogen-bond donors (Lipinski definition) is 2. The average molecular weight is 265 g/mol. The van der Waals surface area contributed by atoms with Crippen molar-refractivity contribution in [3.8, 4) is 0 Å². The maximum atomic E-state index is 11.4. The van der Waals surface area contributed by atoms with E-state index in [1.807, 2.05) is 0 Å². The highest BCUT2D eigenvalue weighted by molar-refractivity contribution is 7.18. The van der Waals surface area contributed by atoms with Crippen LogP contribution in [0.2, 0.25) is 4.34 Å². The molecule has 0 aliphatic rings. The van der Waals surface area contributed by atoms with Crippen molar-refractivity contribution in [1.82, 2.24) is 5.32 Å². The molecule has 16 heavy (non-hydrogen) atoms. The van der Waals surface area contributed by atoms with Gasteiger partial charge in [0.25, 0.3) is 11.6 Å². The molecule has 0 unspecified atom stereocenters. The zero-order valence-electron chi connectivity index (χ0n) is 8.10. The number of nitrogens with zero attached hydrogens (tertiary/aromatic N) is 1. The van der Waals surface area contributed by atoms with Crippen molar-refractivity contribution in [2.24, 2.45) is 0 Å². The van der Waals surface area contributed by atoms with E-state index in [2.05, 4.69) is 5.32 Å². The van der Waals surface area contributed by atoms with E-state index in [0.717, 1.165) is 17.4 Å². The van der Waals surface area contributed by atoms with E-state index < -0.39 is 10.8 Å². The summed E-state index contributed by atoms with van der Waals surface area (Å²) in [6.07, 6.45) is 0.437. The largest absolute Gasteiger partial charge is 0.396 e. The molecule has 8 heteroatoms. The summed E-state index contributed by atoms with van der Waals surface area (Å²) in [4.78, 5) is 21.5. The molecule has 0 fully saturated rings. The quantitative estimate of drug-likeness (QED) is 0.478. The van der Waals surface area contributed by atoms with Crippen molar-refractivity contribution >= 4 is 34.5 Å². The number of hydrogen-bond acceptors (Lipinski definition) is 5. The summed E-state index contributed by atoms with van der Waals surface area (Å²) in [6.45, 7) is 0.296. The van der Waals surface area contributed by atoms with Gasteiger partial charge in [0.2, 0.25) is 0 Å². The van der Waals surface area contributed by atoms with Gasteiger partial charge in [0.1, 0.15) is 4.88 Å². The molecule has 0 saturated heterocycles. The van der Waals surface area contributed by atoms with Crippen LogP contribution < -0.4 is 5.32 Å². The molecule has 6 nitrogen and oxygen atoms in total. The lowest BCUT2D eigenvalue weighted by Crippen LogP contribution is -2.24. The Bertz CT molecular complexity index is 407. The molecule has 0 aliphatic carbocycles. The number of nitro groups is 1. The fourth-order valence-corrected chi connectivity index (χ4v) is 2.10. The number of carbonyl (C=O) groups excluding carboxylic acids is 1. The number of amides is 1. The molecule has 88 valence electrons. The second kappa shape index (κ2) is 5.78. The molecule has 1 rings (SSSR count). The lowest BCUT2D eigenvalue weighted by molar-refractivity contribution is -0.384. The van der Waals surface area contributed by atoms with Gasteiger partial charge in [-0.3, -0.25) is 14.9 Å². The fraction of sp³-hybridized carbons (Fsp3) is 0.375. The van der Waals surface area contributed by atoms with Gasteiger partial charge >= 0.3 is 0 Å². The predicted molar refractivity (Wildman–Crippen MR) is 60.0 cm³/mol. The summed E-state index contributed by atoms with van der Waals surface area (Å²) in [7, 11) is 0. The fourth-order valence-electron chi connectivity index (χ4n) is 0.964. The van der Waals surface area contributed by atoms with Gasteiger partial charge in [-0.1, -0.05) is 11.6 Å². The van der Waals surface area contributed by atoms with E-state index in [0.29, 0.717) is 13.0 Å². The van der Waals surface area contributed by atoms with Gasteiger partial charge in [-0.2, -0.15) is 0 Å². The summed E-state index contributed by atoms with van der Waals surface area (Å²) in [5, 5.41) is 21.5. The van der Waals surface area contributed by atoms with E-state index in [9.17, 15) is 14.9 Å². The Morgan fingerprint density at radius 1 is 1.69 bits per heavy atom. The van der Waals surface area contributed by atoms with Crippen LogP contribution in [0.5, 0.6) is 0 Å². The van der Waals surface area contributed by atoms with Gasteiger partial charge in [-0.25, -0.2) is 0 Å². The number of aliphatic hydroxyl groups is 1. The van der Waals surface area contributed by atoms with Crippen molar-refractivity contribution in [3.05, 3.63) is 25.4 Å². The first-order valence-electron chi connectivity index (χ1n) is 4.39. The number of thiophene rings is 1. The molecule has 0 saturated carbocycles. The molecule has 0 spiro atoms. The van der Waals surface area contributed by atoms with Gasteiger partial charge in [-0.05, 0) is 6.42 Å². The highest BCUT2D eigenvalue weighted by Gasteiger charge is 2.20. The van der Waals surface area contributed by atoms with Crippen LogP contribution >= 0.6 is 22.9 Å². The Morgan fingerprint density at radius 3 is 2.88 bits per heavy atom. The Hall–Kier alpha value is -1.18. The third-order valence-electron chi connectivity index (χ3n) is 1.71. The third kappa shape index (κ3) is 3.16. The van der Waals surface area contributed by atoms with Crippen LogP contribution in [0.1, 0.15) is 16.1 Å². The monoisotopic (exact) mass is 264 g/mol. The van der Waals surface area contributed by atoms with E-state index in [4.69, 9.17) is 16.7 Å². The van der Waals surface area contributed by atoms with Gasteiger partial charge in [0.15, 0.2) is 4.34 Å². The smallest absolute Gasteiger partial charge is 0.299 e. The average Bonchev–Trinajstić information content (AvgIpc) is 2.60. The van der Waals surface area contributed by atoms with Crippen LogP contribution in [0, 0.1) is 10.1 Å². The number of nitrogens with one attached hydrogen (secondary N) is 1. The van der Waals surface area contributed by atoms with Crippen molar-refractivity contribution in [2.75, 3.05) is 13.2 Å². The second-order valence-corrected chi connectivity index (χ2v) is 4.51. The molecule has 1 heterocycles. The first-order valence-corrected chi connectivity index (χ1v) is 5.58. The Labute approximate surface area is 100.0 Å². The predicted octanol–water partition coefficient (Wildman–Crippen LogP) is 1.42. The topological polar surface area (TPSA) is 92.5 Å². The molecule has 2 N–H and O–H groups in total. The zero-order chi connectivity index (χ0) is 12.1. The molecule has 0 aliphatic heterocycles. The SMILES string of the molecule is O=C(NCCCO)c1cc([N+](=O)[O-])c(Cl)s1. The van der Waals surface area contributed by atoms with Crippen molar-refractivity contribution in [1.29, 1.82) is 0 Å². The summed E-state index contributed by atoms with van der Waals surface area (Å²) < 4.78 is -0.0164. The van der Waals surface area contributed by atoms with Gasteiger partial charge < -0.3 is 10.4 Å². The van der Waals surface area contributed by atoms with Crippen LogP contribution in [0.15, 0.2) is 6.07 Å². The molecule has 0 aromatic carbocycles. The van der Waals surface area contributed by atoms with Crippen LogP contribution in [-0.2, 0) is 0 Å². The lowest BCUT2D eigenvalue weighted by atomic mass is 10.4. The molecular weight excluding hydrogens is 256 g/mol. The normalized spacial score (nSPS) is 10.1. The van der Waals surface area contributed by atoms with Crippen molar-refractivity contribution in [3.63, 3.8) is 0 Å². The Morgan fingerprint density at radius 2 is 2.38 bits per heavy atom. The molecule has 1 amide bonds. The number of rotatable bonds is 5. The summed E-state index contributed by atoms with van der Waals surface area (Å²) >= 11 is 6.46. The Balaban J connectivity index is 2.69. The second-order valence-electron chi connectivity index (χ2n) is 2.86. The first-order chi connectivity index (χ1) is 7.56. The third-order valence-corrected chi connectivity index (χ3v) is 3.05. The van der Waals surface area contributed by atoms with Crippen LogP contribution in [-0.4, -0.2) is 29.1 Å². The molecule has 0 radical (unpaired) electrons. The van der Waals surface area contributed by atoms with Crippen molar-refractivity contribution in [2.45, 2.75) is 6.42 Å². The van der Waals surface area contributed by atoms with Crippen LogP contribution in [0.25, 0.3) is 0 Å². The number of carbonyl (C=O) groups is 1. The van der Waals surface area contributed by atoms with Gasteiger partial charge in [0.05, 0.1) is 4.92 Å². The highest BCUT2D eigenvalue weighted by Crippen LogP contribution is 2.33. The minimum absolute atomic E-state index is 0.0164. The lowest BCUT2D eigenvalue weighted by Gasteiger charge is -1.99. The molecule has 0 bridgehead atoms. The maximum Gasteiger partial charge on any atom is 0.299 e. The Kier molecular flexibility index (Phi) is 4.66. The molecule has 0 atom stereocenters. The van der Waals surface area contributed by atoms with E-state index >= 15 is 0 Å². The highest BCUT2D eigenvalue weighted by atomic mass is 35.5. The summed E-state index contributed by atoms with van der Waals surface area (Å²) in [5.74, 6) is -0.423. The van der Waals surface area contributed by atoms with Crippen LogP contribution in [0.4, 0.5) is 5.69 Å². The maximum absolute atomic E-state index is 11.4. The van der Waals surface area contributed by atoms with Crippen molar-refractivity contribution < 1.29 is 14.8 Å². The van der Waals surface area contributed by atoms with Crippen LogP contribution in [0.3, 0.4) is 0 Å². The molecule has 1 aromatic heterocycles. The first kappa shape index (κ1) is 12.9. The summed E-state index contributed by atoms with van der Waals surface area (Å²) in [6, 6.07) is 1.14. The van der Waals surface area contributed by atoms with Gasteiger partial charge in [-0.15, -0.1) is 11.3 Å². The van der Waals surface area contributed by atoms with E-state index in [1.54, 1.807) is 0 Å².